The Hall–Kier alpha value is -2.24. The Balaban J connectivity index is 1.79. The van der Waals surface area contributed by atoms with E-state index in [2.05, 4.69) is 16.0 Å². The highest BCUT2D eigenvalue weighted by Crippen LogP contribution is 2.13. The summed E-state index contributed by atoms with van der Waals surface area (Å²) < 4.78 is 5.23. The molecule has 2 heterocycles. The maximum atomic E-state index is 12.1. The van der Waals surface area contributed by atoms with Crippen LogP contribution in [0.5, 0.6) is 0 Å². The summed E-state index contributed by atoms with van der Waals surface area (Å²) in [6.45, 7) is 6.54. The van der Waals surface area contributed by atoms with E-state index in [4.69, 9.17) is 15.1 Å². The Labute approximate surface area is 141 Å². The van der Waals surface area contributed by atoms with Crippen LogP contribution in [0.2, 0.25) is 0 Å². The number of aliphatic hydroxyl groups is 1. The topological polar surface area (TPSA) is 103 Å². The third kappa shape index (κ3) is 4.88. The molecule has 0 unspecified atom stereocenters. The number of anilines is 1. The van der Waals surface area contributed by atoms with Gasteiger partial charge >= 0.3 is 0 Å². The van der Waals surface area contributed by atoms with Crippen LogP contribution in [0.15, 0.2) is 6.20 Å². The maximum Gasteiger partial charge on any atom is 0.225 e. The molecule has 1 saturated heterocycles. The van der Waals surface area contributed by atoms with E-state index in [9.17, 15) is 4.79 Å². The molecule has 1 aromatic rings. The van der Waals surface area contributed by atoms with E-state index >= 15 is 0 Å². The van der Waals surface area contributed by atoms with E-state index in [1.165, 1.54) is 6.20 Å². The Bertz CT molecular complexity index is 606. The van der Waals surface area contributed by atoms with E-state index in [-0.39, 0.29) is 12.5 Å². The number of hydrogen-bond donors (Lipinski definition) is 1. The third-order valence-corrected chi connectivity index (χ3v) is 3.82. The molecule has 0 spiro atoms. The molecule has 2 rings (SSSR count). The molecule has 1 N–H and O–H groups in total. The van der Waals surface area contributed by atoms with Gasteiger partial charge in [0.1, 0.15) is 6.07 Å². The normalized spacial score (nSPS) is 15.9. The highest BCUT2D eigenvalue weighted by molar-refractivity contribution is 5.76. The van der Waals surface area contributed by atoms with Crippen LogP contribution >= 0.6 is 0 Å². The van der Waals surface area contributed by atoms with E-state index in [0.29, 0.717) is 56.4 Å². The molecule has 1 aromatic heterocycles. The van der Waals surface area contributed by atoms with Gasteiger partial charge in [0.05, 0.1) is 43.2 Å². The molecule has 0 radical (unpaired) electrons. The van der Waals surface area contributed by atoms with Crippen molar-refractivity contribution in [2.24, 2.45) is 0 Å². The van der Waals surface area contributed by atoms with Crippen LogP contribution < -0.4 is 4.90 Å². The standard InChI is InChI=1S/C16H23N5O3/c1-12(22)11-24-8-3-15(23)20-4-6-21(7-5-20)16-18-10-14(9-17)13(2)19-16/h10,12,22H,3-8,11H2,1-2H3/t12-/m0/s1. The van der Waals surface area contributed by atoms with Gasteiger partial charge in [0.25, 0.3) is 0 Å². The molecule has 0 bridgehead atoms. The minimum atomic E-state index is -0.514. The fraction of sp³-hybridized carbons (Fsp3) is 0.625. The summed E-state index contributed by atoms with van der Waals surface area (Å²) in [5.41, 5.74) is 1.14. The number of amides is 1. The van der Waals surface area contributed by atoms with Crippen LogP contribution in [0.4, 0.5) is 5.95 Å². The monoisotopic (exact) mass is 333 g/mol. The Kier molecular flexibility index (Phi) is 6.46. The molecule has 130 valence electrons. The minimum Gasteiger partial charge on any atom is -0.391 e. The van der Waals surface area contributed by atoms with Crippen molar-refractivity contribution in [1.29, 1.82) is 5.26 Å². The van der Waals surface area contributed by atoms with Gasteiger partial charge in [0.2, 0.25) is 11.9 Å². The van der Waals surface area contributed by atoms with Crippen molar-refractivity contribution in [3.63, 3.8) is 0 Å². The van der Waals surface area contributed by atoms with E-state index < -0.39 is 6.10 Å². The van der Waals surface area contributed by atoms with Gasteiger partial charge in [-0.25, -0.2) is 9.97 Å². The van der Waals surface area contributed by atoms with Gasteiger partial charge in [-0.2, -0.15) is 5.26 Å². The number of nitriles is 1. The molecule has 1 amide bonds. The Morgan fingerprint density at radius 3 is 2.75 bits per heavy atom. The highest BCUT2D eigenvalue weighted by atomic mass is 16.5. The first-order valence-corrected chi connectivity index (χ1v) is 8.03. The van der Waals surface area contributed by atoms with E-state index in [1.54, 1.807) is 18.7 Å². The molecule has 0 saturated carbocycles. The van der Waals surface area contributed by atoms with Crippen LogP contribution in [0, 0.1) is 18.3 Å². The number of aliphatic hydroxyl groups excluding tert-OH is 1. The second-order valence-electron chi connectivity index (χ2n) is 5.82. The van der Waals surface area contributed by atoms with Crippen molar-refractivity contribution in [2.75, 3.05) is 44.3 Å². The minimum absolute atomic E-state index is 0.0529. The molecule has 24 heavy (non-hydrogen) atoms. The zero-order valence-electron chi connectivity index (χ0n) is 14.1. The van der Waals surface area contributed by atoms with Crippen LogP contribution in [-0.4, -0.2) is 71.4 Å². The van der Waals surface area contributed by atoms with Crippen molar-refractivity contribution in [1.82, 2.24) is 14.9 Å². The maximum absolute atomic E-state index is 12.1. The number of carbonyl (C=O) groups is 1. The van der Waals surface area contributed by atoms with Crippen molar-refractivity contribution in [3.05, 3.63) is 17.5 Å². The number of aryl methyl sites for hydroxylation is 1. The van der Waals surface area contributed by atoms with E-state index in [0.717, 1.165) is 0 Å². The molecule has 0 aliphatic carbocycles. The predicted octanol–water partition coefficient (Wildman–Crippen LogP) is 0.0928. The van der Waals surface area contributed by atoms with Crippen LogP contribution in [0.25, 0.3) is 0 Å². The van der Waals surface area contributed by atoms with Gasteiger partial charge in [-0.1, -0.05) is 0 Å². The quantitative estimate of drug-likeness (QED) is 0.736. The van der Waals surface area contributed by atoms with E-state index in [1.807, 2.05) is 4.90 Å². The number of aromatic nitrogens is 2. The molecule has 8 heteroatoms. The Morgan fingerprint density at radius 1 is 1.46 bits per heavy atom. The SMILES string of the molecule is Cc1nc(N2CCN(C(=O)CCOC[C@H](C)O)CC2)ncc1C#N. The molecule has 1 aliphatic heterocycles. The largest absolute Gasteiger partial charge is 0.391 e. The van der Waals surface area contributed by atoms with Crippen molar-refractivity contribution in [2.45, 2.75) is 26.4 Å². The third-order valence-electron chi connectivity index (χ3n) is 3.82. The molecule has 1 fully saturated rings. The zero-order chi connectivity index (χ0) is 17.5. The molecule has 8 nitrogen and oxygen atoms in total. The van der Waals surface area contributed by atoms with Crippen molar-refractivity contribution < 1.29 is 14.6 Å². The van der Waals surface area contributed by atoms with Crippen molar-refractivity contribution >= 4 is 11.9 Å². The van der Waals surface area contributed by atoms with Gasteiger partial charge in [0, 0.05) is 26.2 Å². The second kappa shape index (κ2) is 8.57. The lowest BCUT2D eigenvalue weighted by Crippen LogP contribution is -2.49. The lowest BCUT2D eigenvalue weighted by molar-refractivity contribution is -0.132. The lowest BCUT2D eigenvalue weighted by Gasteiger charge is -2.34. The summed E-state index contributed by atoms with van der Waals surface area (Å²) in [6, 6.07) is 2.05. The van der Waals surface area contributed by atoms with Gasteiger partial charge in [-0.3, -0.25) is 4.79 Å². The van der Waals surface area contributed by atoms with Gasteiger partial charge in [-0.05, 0) is 13.8 Å². The summed E-state index contributed by atoms with van der Waals surface area (Å²) in [6.07, 6.45) is 1.34. The number of ether oxygens (including phenoxy) is 1. The average molecular weight is 333 g/mol. The fourth-order valence-electron chi connectivity index (χ4n) is 2.44. The van der Waals surface area contributed by atoms with Crippen LogP contribution in [0.1, 0.15) is 24.6 Å². The first-order chi connectivity index (χ1) is 11.5. The number of rotatable bonds is 6. The summed E-state index contributed by atoms with van der Waals surface area (Å²) >= 11 is 0. The fourth-order valence-corrected chi connectivity index (χ4v) is 2.44. The number of carbonyl (C=O) groups excluding carboxylic acids is 1. The van der Waals surface area contributed by atoms with Gasteiger partial charge < -0.3 is 19.6 Å². The van der Waals surface area contributed by atoms with Gasteiger partial charge in [0.15, 0.2) is 0 Å². The number of piperazine rings is 1. The number of nitrogens with zero attached hydrogens (tertiary/aromatic N) is 5. The summed E-state index contributed by atoms with van der Waals surface area (Å²) in [5, 5.41) is 18.0. The molecule has 1 aliphatic rings. The predicted molar refractivity (Wildman–Crippen MR) is 87.4 cm³/mol. The molecule has 1 atom stereocenters. The molecular weight excluding hydrogens is 310 g/mol. The highest BCUT2D eigenvalue weighted by Gasteiger charge is 2.22. The first-order valence-electron chi connectivity index (χ1n) is 8.03. The van der Waals surface area contributed by atoms with Crippen LogP contribution in [-0.2, 0) is 9.53 Å². The molecule has 0 aromatic carbocycles. The van der Waals surface area contributed by atoms with Crippen molar-refractivity contribution in [3.8, 4) is 6.07 Å². The zero-order valence-corrected chi connectivity index (χ0v) is 14.1. The Morgan fingerprint density at radius 2 is 2.17 bits per heavy atom. The lowest BCUT2D eigenvalue weighted by atomic mass is 10.2. The molecular formula is C16H23N5O3. The first kappa shape index (κ1) is 18.1. The average Bonchev–Trinajstić information content (AvgIpc) is 2.58. The summed E-state index contributed by atoms with van der Waals surface area (Å²) in [7, 11) is 0. The number of hydrogen-bond acceptors (Lipinski definition) is 7. The van der Waals surface area contributed by atoms with Gasteiger partial charge in [-0.15, -0.1) is 0 Å². The van der Waals surface area contributed by atoms with Crippen LogP contribution in [0.3, 0.4) is 0 Å². The smallest absolute Gasteiger partial charge is 0.225 e. The summed E-state index contributed by atoms with van der Waals surface area (Å²) in [5.74, 6) is 0.649. The second-order valence-corrected chi connectivity index (χ2v) is 5.82. The summed E-state index contributed by atoms with van der Waals surface area (Å²) in [4.78, 5) is 24.5.